The van der Waals surface area contributed by atoms with Gasteiger partial charge in [-0.1, -0.05) is 0 Å². The summed E-state index contributed by atoms with van der Waals surface area (Å²) in [6.07, 6.45) is 1.74. The summed E-state index contributed by atoms with van der Waals surface area (Å²) in [6, 6.07) is -1.86. The van der Waals surface area contributed by atoms with E-state index in [4.69, 9.17) is 33.8 Å². The second-order valence-electron chi connectivity index (χ2n) is 4.82. The zero-order valence-corrected chi connectivity index (χ0v) is 18.5. The molecule has 0 amide bonds. The van der Waals surface area contributed by atoms with Crippen LogP contribution in [0.5, 0.6) is 0 Å². The number of nitrogens with one attached hydrogen (secondary N) is 4. The third-order valence-electron chi connectivity index (χ3n) is 2.62. The van der Waals surface area contributed by atoms with Crippen molar-refractivity contribution in [1.29, 1.82) is 10.8 Å². The Morgan fingerprint density at radius 1 is 0.840 bits per heavy atom. The maximum atomic E-state index is 10.1. The minimum atomic E-state index is -1.25. The zero-order valence-electron chi connectivity index (χ0n) is 14.0. The Bertz CT molecular complexity index is 386. The van der Waals surface area contributed by atoms with E-state index in [1.165, 1.54) is 0 Å². The summed E-state index contributed by atoms with van der Waals surface area (Å²) in [4.78, 5) is 20.2. The summed E-state index contributed by atoms with van der Waals surface area (Å²) in [6.45, 7) is 0.909. The smallest absolute Gasteiger partial charge is 0.548 e. The molecule has 0 saturated carbocycles. The molecule has 0 fully saturated rings. The molecule has 0 aromatic heterocycles. The van der Waals surface area contributed by atoms with Gasteiger partial charge < -0.3 is 53.4 Å². The largest absolute Gasteiger partial charge is 2.00 e. The number of carbonyl (C=O) groups excluding carboxylic acids is 2. The Labute approximate surface area is 186 Å². The SMILES string of the molecule is N=C(N)NCCC[C@H](N)C(=O)[O-].N=C(N)NCCC[C@H](N)C(=O)[O-].[Ba+2]. The van der Waals surface area contributed by atoms with E-state index in [0.717, 1.165) is 0 Å². The van der Waals surface area contributed by atoms with Crippen LogP contribution in [0.3, 0.4) is 0 Å². The van der Waals surface area contributed by atoms with Gasteiger partial charge in [0.1, 0.15) is 0 Å². The first-order valence-electron chi connectivity index (χ1n) is 7.16. The van der Waals surface area contributed by atoms with Crippen molar-refractivity contribution in [2.75, 3.05) is 13.1 Å². The average Bonchev–Trinajstić information content (AvgIpc) is 2.47. The van der Waals surface area contributed by atoms with Crippen molar-refractivity contribution >= 4 is 72.7 Å². The number of carboxylic acid groups (broad SMARTS) is 2. The van der Waals surface area contributed by atoms with E-state index in [1.807, 2.05) is 0 Å². The van der Waals surface area contributed by atoms with Gasteiger partial charge in [-0.25, -0.2) is 0 Å². The van der Waals surface area contributed by atoms with Crippen molar-refractivity contribution in [3.63, 3.8) is 0 Å². The molecule has 0 spiro atoms. The number of aliphatic carboxylic acids is 2. The molecular weight excluding hydrogens is 458 g/mol. The Hall–Kier alpha value is -1.03. The second-order valence-corrected chi connectivity index (χ2v) is 4.82. The molecule has 0 aliphatic rings. The molecule has 0 aliphatic carbocycles. The molecule has 12 nitrogen and oxygen atoms in total. The number of rotatable bonds is 10. The van der Waals surface area contributed by atoms with Gasteiger partial charge in [-0.05, 0) is 25.7 Å². The summed E-state index contributed by atoms with van der Waals surface area (Å²) in [7, 11) is 0. The molecule has 13 heteroatoms. The van der Waals surface area contributed by atoms with Crippen LogP contribution in [0.4, 0.5) is 0 Å². The quantitative estimate of drug-likeness (QED) is 0.0631. The van der Waals surface area contributed by atoms with Crippen molar-refractivity contribution < 1.29 is 19.8 Å². The number of carbonyl (C=O) groups is 2. The van der Waals surface area contributed by atoms with Crippen molar-refractivity contribution in [2.24, 2.45) is 22.9 Å². The van der Waals surface area contributed by atoms with Crippen LogP contribution < -0.4 is 43.8 Å². The van der Waals surface area contributed by atoms with Gasteiger partial charge >= 0.3 is 48.9 Å². The van der Waals surface area contributed by atoms with E-state index in [9.17, 15) is 19.8 Å². The van der Waals surface area contributed by atoms with Gasteiger partial charge in [0.25, 0.3) is 0 Å². The maximum absolute atomic E-state index is 10.1. The van der Waals surface area contributed by atoms with Crippen molar-refractivity contribution in [1.82, 2.24) is 10.6 Å². The molecule has 12 N–H and O–H groups in total. The fourth-order valence-corrected chi connectivity index (χ4v) is 1.33. The van der Waals surface area contributed by atoms with E-state index in [-0.39, 0.29) is 60.8 Å². The molecule has 0 saturated heterocycles. The summed E-state index contributed by atoms with van der Waals surface area (Å²) in [5, 5.41) is 38.8. The third-order valence-corrected chi connectivity index (χ3v) is 2.62. The fraction of sp³-hybridized carbons (Fsp3) is 0.667. The predicted octanol–water partition coefficient (Wildman–Crippen LogP) is -5.73. The van der Waals surface area contributed by atoms with Gasteiger partial charge in [0.2, 0.25) is 0 Å². The van der Waals surface area contributed by atoms with Crippen LogP contribution in [0.2, 0.25) is 0 Å². The van der Waals surface area contributed by atoms with Gasteiger partial charge in [-0.15, -0.1) is 0 Å². The van der Waals surface area contributed by atoms with Gasteiger partial charge in [-0.3, -0.25) is 10.8 Å². The Morgan fingerprint density at radius 3 is 1.32 bits per heavy atom. The molecule has 0 unspecified atom stereocenters. The summed E-state index contributed by atoms with van der Waals surface area (Å²) < 4.78 is 0. The molecule has 2 atom stereocenters. The first-order chi connectivity index (χ1) is 11.1. The molecule has 140 valence electrons. The molecule has 0 bridgehead atoms. The normalized spacial score (nSPS) is 11.6. The molecule has 0 rings (SSSR count). The fourth-order valence-electron chi connectivity index (χ4n) is 1.33. The third kappa shape index (κ3) is 23.0. The number of hydrogen-bond donors (Lipinski definition) is 8. The number of guanidine groups is 2. The Morgan fingerprint density at radius 2 is 1.12 bits per heavy atom. The molecule has 25 heavy (non-hydrogen) atoms. The summed E-state index contributed by atoms with van der Waals surface area (Å²) in [5.74, 6) is -2.76. The van der Waals surface area contributed by atoms with E-state index in [0.29, 0.717) is 38.8 Å². The summed E-state index contributed by atoms with van der Waals surface area (Å²) in [5.41, 5.74) is 20.3. The van der Waals surface area contributed by atoms with E-state index in [1.54, 1.807) is 0 Å². The predicted molar refractivity (Wildman–Crippen MR) is 90.0 cm³/mol. The van der Waals surface area contributed by atoms with Crippen LogP contribution in [0.15, 0.2) is 0 Å². The van der Waals surface area contributed by atoms with E-state index in [2.05, 4.69) is 10.6 Å². The van der Waals surface area contributed by atoms with Crippen LogP contribution in [0, 0.1) is 10.8 Å². The minimum Gasteiger partial charge on any atom is -0.548 e. The van der Waals surface area contributed by atoms with Gasteiger partial charge in [0.05, 0.1) is 11.9 Å². The van der Waals surface area contributed by atoms with Crippen molar-refractivity contribution in [3.8, 4) is 0 Å². The first-order valence-corrected chi connectivity index (χ1v) is 7.16. The van der Waals surface area contributed by atoms with Crippen LogP contribution in [0.1, 0.15) is 25.7 Å². The van der Waals surface area contributed by atoms with Gasteiger partial charge in [0.15, 0.2) is 11.9 Å². The Balaban J connectivity index is -0.000000372. The topological polar surface area (TPSA) is 256 Å². The molecule has 0 radical (unpaired) electrons. The molecule has 0 heterocycles. The van der Waals surface area contributed by atoms with Crippen LogP contribution in [-0.2, 0) is 9.59 Å². The number of nitrogens with two attached hydrogens (primary N) is 4. The number of hydrogen-bond acceptors (Lipinski definition) is 8. The standard InChI is InChI=1S/2C6H14N4O2.Ba/c2*7-4(5(11)12)2-1-3-10-6(8)9;/h2*4H,1-3,7H2,(H,11,12)(H4,8,9,10);/q;;+2/p-2/t2*4-;/m00./s1. The first kappa shape index (κ1) is 28.8. The zero-order chi connectivity index (χ0) is 19.1. The minimum absolute atomic E-state index is 0. The molecule has 0 aromatic carbocycles. The van der Waals surface area contributed by atoms with Crippen LogP contribution >= 0.6 is 0 Å². The number of carboxylic acids is 2. The van der Waals surface area contributed by atoms with Crippen molar-refractivity contribution in [3.05, 3.63) is 0 Å². The second kappa shape index (κ2) is 17.8. The Kier molecular flexibility index (Phi) is 20.5. The summed E-state index contributed by atoms with van der Waals surface area (Å²) >= 11 is 0. The molecular formula is C12H26BaN8O4. The van der Waals surface area contributed by atoms with Crippen LogP contribution in [-0.4, -0.2) is 97.9 Å². The van der Waals surface area contributed by atoms with E-state index < -0.39 is 24.0 Å². The van der Waals surface area contributed by atoms with Crippen molar-refractivity contribution in [2.45, 2.75) is 37.8 Å². The van der Waals surface area contributed by atoms with Gasteiger partial charge in [-0.2, -0.15) is 0 Å². The van der Waals surface area contributed by atoms with Gasteiger partial charge in [0, 0.05) is 25.2 Å². The average molecular weight is 484 g/mol. The molecule has 0 aromatic rings. The monoisotopic (exact) mass is 484 g/mol. The van der Waals surface area contributed by atoms with E-state index >= 15 is 0 Å². The maximum Gasteiger partial charge on any atom is 2.00 e. The van der Waals surface area contributed by atoms with Crippen LogP contribution in [0.25, 0.3) is 0 Å². The molecule has 0 aliphatic heterocycles.